The Morgan fingerprint density at radius 1 is 0.886 bits per heavy atom. The van der Waals surface area contributed by atoms with E-state index in [-0.39, 0.29) is 22.2 Å². The summed E-state index contributed by atoms with van der Waals surface area (Å²) in [5.41, 5.74) is 1.39. The van der Waals surface area contributed by atoms with Crippen molar-refractivity contribution in [3.05, 3.63) is 130 Å². The number of benzene rings is 4. The monoisotopic (exact) mass is 631 g/mol. The number of nitrogens with one attached hydrogen (secondary N) is 3. The molecule has 0 radical (unpaired) electrons. The van der Waals surface area contributed by atoms with Crippen molar-refractivity contribution < 1.29 is 28.7 Å². The number of hydrogen-bond donors (Lipinski definition) is 4. The minimum absolute atomic E-state index is 0.0574. The predicted molar refractivity (Wildman–Crippen MR) is 170 cm³/mol. The third-order valence-electron chi connectivity index (χ3n) is 6.21. The number of carboxylic acid groups (broad SMARTS) is 1. The van der Waals surface area contributed by atoms with E-state index in [0.29, 0.717) is 33.8 Å². The van der Waals surface area contributed by atoms with Crippen molar-refractivity contribution in [2.45, 2.75) is 23.5 Å². The minimum atomic E-state index is -1.21. The SMILES string of the molecule is CCC(Sc1cccc(NC(=O)/C(=C/c2ccc(F)cc2)NC(=O)c2ccccc2)c1)C(=O)Nc1ccc(Cl)c(C(=O)O)c1. The number of carbonyl (C=O) groups is 4. The van der Waals surface area contributed by atoms with Crippen LogP contribution in [0.1, 0.15) is 39.6 Å². The summed E-state index contributed by atoms with van der Waals surface area (Å²) in [4.78, 5) is 51.3. The van der Waals surface area contributed by atoms with Gasteiger partial charge in [-0.15, -0.1) is 11.8 Å². The lowest BCUT2D eigenvalue weighted by Crippen LogP contribution is -2.30. The van der Waals surface area contributed by atoms with Crippen molar-refractivity contribution in [3.63, 3.8) is 0 Å². The molecule has 11 heteroatoms. The van der Waals surface area contributed by atoms with E-state index in [1.165, 1.54) is 60.3 Å². The van der Waals surface area contributed by atoms with Crippen LogP contribution < -0.4 is 16.0 Å². The Labute approximate surface area is 262 Å². The Kier molecular flexibility index (Phi) is 10.9. The molecule has 0 fully saturated rings. The minimum Gasteiger partial charge on any atom is -0.478 e. The first kappa shape index (κ1) is 32.0. The zero-order valence-corrected chi connectivity index (χ0v) is 24.9. The predicted octanol–water partition coefficient (Wildman–Crippen LogP) is 7.10. The van der Waals surface area contributed by atoms with Crippen LogP contribution >= 0.6 is 23.4 Å². The molecule has 0 spiro atoms. The third kappa shape index (κ3) is 8.79. The Morgan fingerprint density at radius 3 is 2.27 bits per heavy atom. The summed E-state index contributed by atoms with van der Waals surface area (Å²) in [5.74, 6) is -3.08. The largest absolute Gasteiger partial charge is 0.478 e. The van der Waals surface area contributed by atoms with Crippen molar-refractivity contribution in [3.8, 4) is 0 Å². The van der Waals surface area contributed by atoms with Crippen molar-refractivity contribution in [1.29, 1.82) is 0 Å². The first-order valence-corrected chi connectivity index (χ1v) is 14.6. The molecule has 4 N–H and O–H groups in total. The van der Waals surface area contributed by atoms with Gasteiger partial charge in [-0.3, -0.25) is 14.4 Å². The third-order valence-corrected chi connectivity index (χ3v) is 7.90. The average Bonchev–Trinajstić information content (AvgIpc) is 3.01. The van der Waals surface area contributed by atoms with Crippen LogP contribution in [0.2, 0.25) is 5.02 Å². The van der Waals surface area contributed by atoms with Gasteiger partial charge in [0.15, 0.2) is 0 Å². The summed E-state index contributed by atoms with van der Waals surface area (Å²) in [7, 11) is 0. The van der Waals surface area contributed by atoms with Crippen LogP contribution in [0, 0.1) is 5.82 Å². The van der Waals surface area contributed by atoms with Gasteiger partial charge in [-0.05, 0) is 78.7 Å². The molecule has 0 saturated heterocycles. The fourth-order valence-electron chi connectivity index (χ4n) is 3.99. The molecule has 0 aliphatic heterocycles. The molecule has 1 atom stereocenters. The Morgan fingerprint density at radius 2 is 1.59 bits per heavy atom. The number of aromatic carboxylic acids is 1. The number of halogens is 2. The van der Waals surface area contributed by atoms with Gasteiger partial charge in [-0.2, -0.15) is 0 Å². The first-order valence-electron chi connectivity index (χ1n) is 13.4. The summed E-state index contributed by atoms with van der Waals surface area (Å²) < 4.78 is 13.5. The molecule has 0 heterocycles. The zero-order chi connectivity index (χ0) is 31.6. The fraction of sp³-hybridized carbons (Fsp3) is 0.0909. The zero-order valence-electron chi connectivity index (χ0n) is 23.3. The summed E-state index contributed by atoms with van der Waals surface area (Å²) in [6.07, 6.45) is 1.90. The maximum absolute atomic E-state index is 13.5. The molecule has 0 aromatic heterocycles. The van der Waals surface area contributed by atoms with E-state index < -0.39 is 28.9 Å². The first-order chi connectivity index (χ1) is 21.1. The Hall–Kier alpha value is -4.93. The molecular formula is C33H27ClFN3O5S. The Bertz CT molecular complexity index is 1710. The lowest BCUT2D eigenvalue weighted by molar-refractivity contribution is -0.116. The van der Waals surface area contributed by atoms with E-state index in [1.807, 2.05) is 6.92 Å². The highest BCUT2D eigenvalue weighted by Gasteiger charge is 2.20. The second-order valence-electron chi connectivity index (χ2n) is 9.42. The van der Waals surface area contributed by atoms with E-state index in [0.717, 1.165) is 0 Å². The van der Waals surface area contributed by atoms with Gasteiger partial charge >= 0.3 is 5.97 Å². The molecule has 8 nitrogen and oxygen atoms in total. The van der Waals surface area contributed by atoms with E-state index >= 15 is 0 Å². The molecule has 4 aromatic rings. The van der Waals surface area contributed by atoms with Gasteiger partial charge in [0, 0.05) is 21.8 Å². The standard InChI is InChI=1S/C33H27ClFN3O5S/c1-2-29(32(41)37-24-15-16-27(34)26(19-24)33(42)43)44-25-10-6-9-23(18-25)36-31(40)28(17-20-11-13-22(35)14-12-20)38-30(39)21-7-4-3-5-8-21/h3-19,29H,2H2,1H3,(H,36,40)(H,37,41)(H,38,39)(H,42,43)/b28-17-. The van der Waals surface area contributed by atoms with Crippen LogP contribution in [0.3, 0.4) is 0 Å². The van der Waals surface area contributed by atoms with Crippen LogP contribution in [0.5, 0.6) is 0 Å². The number of amides is 3. The van der Waals surface area contributed by atoms with Gasteiger partial charge in [-0.25, -0.2) is 9.18 Å². The molecule has 44 heavy (non-hydrogen) atoms. The summed E-state index contributed by atoms with van der Waals surface area (Å²) in [6, 6.07) is 24.9. The second kappa shape index (κ2) is 15.0. The van der Waals surface area contributed by atoms with Crippen LogP contribution in [0.15, 0.2) is 108 Å². The second-order valence-corrected chi connectivity index (χ2v) is 11.1. The van der Waals surface area contributed by atoms with Crippen LogP contribution in [-0.4, -0.2) is 34.0 Å². The highest BCUT2D eigenvalue weighted by atomic mass is 35.5. The quantitative estimate of drug-likeness (QED) is 0.103. The maximum Gasteiger partial charge on any atom is 0.337 e. The number of rotatable bonds is 11. The molecule has 3 amide bonds. The van der Waals surface area contributed by atoms with Crippen LogP contribution in [0.4, 0.5) is 15.8 Å². The summed E-state index contributed by atoms with van der Waals surface area (Å²) in [6.45, 7) is 1.84. The summed E-state index contributed by atoms with van der Waals surface area (Å²) >= 11 is 7.19. The normalized spacial score (nSPS) is 11.8. The Balaban J connectivity index is 1.49. The number of anilines is 2. The van der Waals surface area contributed by atoms with E-state index in [9.17, 15) is 28.7 Å². The lowest BCUT2D eigenvalue weighted by Gasteiger charge is -2.16. The molecular weight excluding hydrogens is 605 g/mol. The van der Waals surface area contributed by atoms with Crippen molar-refractivity contribution in [2.75, 3.05) is 10.6 Å². The topological polar surface area (TPSA) is 125 Å². The molecule has 4 aromatic carbocycles. The number of hydrogen-bond acceptors (Lipinski definition) is 5. The number of carbonyl (C=O) groups excluding carboxylic acids is 3. The molecule has 0 aliphatic rings. The van der Waals surface area contributed by atoms with Gasteiger partial charge in [0.2, 0.25) is 5.91 Å². The maximum atomic E-state index is 13.5. The molecule has 1 unspecified atom stereocenters. The highest BCUT2D eigenvalue weighted by Crippen LogP contribution is 2.29. The van der Waals surface area contributed by atoms with Gasteiger partial charge < -0.3 is 21.1 Å². The molecule has 224 valence electrons. The molecule has 4 rings (SSSR count). The van der Waals surface area contributed by atoms with E-state index in [2.05, 4.69) is 16.0 Å². The van der Waals surface area contributed by atoms with Gasteiger partial charge in [0.1, 0.15) is 11.5 Å². The van der Waals surface area contributed by atoms with Gasteiger partial charge in [0.05, 0.1) is 15.8 Å². The molecule has 0 saturated carbocycles. The van der Waals surface area contributed by atoms with Gasteiger partial charge in [-0.1, -0.05) is 54.9 Å². The van der Waals surface area contributed by atoms with Crippen LogP contribution in [0.25, 0.3) is 6.08 Å². The van der Waals surface area contributed by atoms with E-state index in [4.69, 9.17) is 11.6 Å². The number of thioether (sulfide) groups is 1. The fourth-order valence-corrected chi connectivity index (χ4v) is 5.20. The van der Waals surface area contributed by atoms with Crippen molar-refractivity contribution >= 4 is 64.5 Å². The van der Waals surface area contributed by atoms with Gasteiger partial charge in [0.25, 0.3) is 11.8 Å². The molecule has 0 aliphatic carbocycles. The van der Waals surface area contributed by atoms with E-state index in [1.54, 1.807) is 54.6 Å². The summed E-state index contributed by atoms with van der Waals surface area (Å²) in [5, 5.41) is 17.0. The number of carboxylic acids is 1. The van der Waals surface area contributed by atoms with Crippen LogP contribution in [-0.2, 0) is 9.59 Å². The smallest absolute Gasteiger partial charge is 0.337 e. The van der Waals surface area contributed by atoms with Crippen molar-refractivity contribution in [2.24, 2.45) is 0 Å². The van der Waals surface area contributed by atoms with Crippen molar-refractivity contribution in [1.82, 2.24) is 5.32 Å². The lowest BCUT2D eigenvalue weighted by atomic mass is 10.1. The highest BCUT2D eigenvalue weighted by molar-refractivity contribution is 8.00. The molecule has 0 bridgehead atoms. The average molecular weight is 632 g/mol.